The van der Waals surface area contributed by atoms with E-state index in [4.69, 9.17) is 5.73 Å². The van der Waals surface area contributed by atoms with Crippen molar-refractivity contribution in [3.05, 3.63) is 47.4 Å². The lowest BCUT2D eigenvalue weighted by molar-refractivity contribution is 0.627. The maximum Gasteiger partial charge on any atom is 0.124 e. The molecular weight excluding hydrogens is 203 g/mol. The van der Waals surface area contributed by atoms with Crippen LogP contribution in [0.25, 0.3) is 11.3 Å². The van der Waals surface area contributed by atoms with Crippen LogP contribution in [0.15, 0.2) is 30.5 Å². The Morgan fingerprint density at radius 3 is 2.50 bits per heavy atom. The molecule has 0 atom stereocenters. The molecule has 0 radical (unpaired) electrons. The number of nitrogen functional groups attached to an aromatic ring is 1. The zero-order valence-corrected chi connectivity index (χ0v) is 9.29. The highest BCUT2D eigenvalue weighted by molar-refractivity contribution is 5.65. The number of nitrogens with two attached hydrogens (primary N) is 1. The largest absolute Gasteiger partial charge is 0.397 e. The van der Waals surface area contributed by atoms with Gasteiger partial charge in [0.2, 0.25) is 0 Å². The predicted octanol–water partition coefficient (Wildman–Crippen LogP) is 3.09. The maximum atomic E-state index is 13.3. The lowest BCUT2D eigenvalue weighted by Gasteiger charge is -2.07. The van der Waals surface area contributed by atoms with Gasteiger partial charge in [-0.1, -0.05) is 0 Å². The van der Waals surface area contributed by atoms with Gasteiger partial charge < -0.3 is 5.73 Å². The summed E-state index contributed by atoms with van der Waals surface area (Å²) in [5.41, 5.74) is 9.64. The van der Waals surface area contributed by atoms with Crippen LogP contribution in [0, 0.1) is 19.7 Å². The first-order valence-electron chi connectivity index (χ1n) is 5.06. The van der Waals surface area contributed by atoms with Gasteiger partial charge in [-0.05, 0) is 49.2 Å². The van der Waals surface area contributed by atoms with Gasteiger partial charge in [-0.2, -0.15) is 0 Å². The van der Waals surface area contributed by atoms with Crippen molar-refractivity contribution in [3.8, 4) is 11.3 Å². The number of anilines is 1. The van der Waals surface area contributed by atoms with E-state index in [1.807, 2.05) is 26.0 Å². The van der Waals surface area contributed by atoms with Gasteiger partial charge in [0.15, 0.2) is 0 Å². The summed E-state index contributed by atoms with van der Waals surface area (Å²) in [6.07, 6.45) is 1.59. The van der Waals surface area contributed by atoms with E-state index in [1.165, 1.54) is 12.1 Å². The lowest BCUT2D eigenvalue weighted by Crippen LogP contribution is -1.93. The molecule has 16 heavy (non-hydrogen) atoms. The van der Waals surface area contributed by atoms with Crippen LogP contribution in [-0.2, 0) is 0 Å². The van der Waals surface area contributed by atoms with E-state index in [0.717, 1.165) is 22.4 Å². The summed E-state index contributed by atoms with van der Waals surface area (Å²) in [5, 5.41) is 0. The summed E-state index contributed by atoms with van der Waals surface area (Å²) in [4.78, 5) is 4.24. The quantitative estimate of drug-likeness (QED) is 0.795. The molecular formula is C13H13FN2. The minimum absolute atomic E-state index is 0.243. The number of benzene rings is 1. The van der Waals surface area contributed by atoms with Gasteiger partial charge in [-0.3, -0.25) is 4.98 Å². The van der Waals surface area contributed by atoms with E-state index in [0.29, 0.717) is 5.69 Å². The zero-order chi connectivity index (χ0) is 11.7. The third-order valence-corrected chi connectivity index (χ3v) is 2.41. The normalized spacial score (nSPS) is 10.4. The molecule has 0 saturated heterocycles. The summed E-state index contributed by atoms with van der Waals surface area (Å²) in [6.45, 7) is 3.78. The van der Waals surface area contributed by atoms with Crippen molar-refractivity contribution in [2.45, 2.75) is 13.8 Å². The minimum Gasteiger partial charge on any atom is -0.397 e. The number of nitrogens with zero attached hydrogens (tertiary/aromatic N) is 1. The summed E-state index contributed by atoms with van der Waals surface area (Å²) in [7, 11) is 0. The summed E-state index contributed by atoms with van der Waals surface area (Å²) >= 11 is 0. The predicted molar refractivity (Wildman–Crippen MR) is 63.5 cm³/mol. The summed E-state index contributed by atoms with van der Waals surface area (Å²) < 4.78 is 13.3. The number of aromatic nitrogens is 1. The van der Waals surface area contributed by atoms with Crippen molar-refractivity contribution in [2.24, 2.45) is 0 Å². The Balaban J connectivity index is 2.58. The molecule has 1 heterocycles. The van der Waals surface area contributed by atoms with Crippen LogP contribution >= 0.6 is 0 Å². The average Bonchev–Trinajstić information content (AvgIpc) is 2.15. The molecule has 0 aliphatic heterocycles. The van der Waals surface area contributed by atoms with Crippen molar-refractivity contribution in [1.82, 2.24) is 4.98 Å². The summed E-state index contributed by atoms with van der Waals surface area (Å²) in [5.74, 6) is -0.243. The van der Waals surface area contributed by atoms with Crippen LogP contribution in [0.4, 0.5) is 10.1 Å². The van der Waals surface area contributed by atoms with E-state index < -0.39 is 0 Å². The monoisotopic (exact) mass is 216 g/mol. The topological polar surface area (TPSA) is 38.9 Å². The van der Waals surface area contributed by atoms with Crippen LogP contribution in [0.5, 0.6) is 0 Å². The van der Waals surface area contributed by atoms with Gasteiger partial charge in [0.1, 0.15) is 5.82 Å². The third kappa shape index (κ3) is 2.03. The smallest absolute Gasteiger partial charge is 0.124 e. The number of rotatable bonds is 1. The fourth-order valence-corrected chi connectivity index (χ4v) is 1.77. The highest BCUT2D eigenvalue weighted by Gasteiger charge is 2.06. The molecule has 2 rings (SSSR count). The van der Waals surface area contributed by atoms with Crippen LogP contribution in [0.2, 0.25) is 0 Å². The summed E-state index contributed by atoms with van der Waals surface area (Å²) in [6, 6.07) is 6.73. The van der Waals surface area contributed by atoms with Gasteiger partial charge in [0.25, 0.3) is 0 Å². The molecule has 3 heteroatoms. The first-order valence-corrected chi connectivity index (χ1v) is 5.06. The molecule has 0 aliphatic carbocycles. The molecule has 0 spiro atoms. The Bertz CT molecular complexity index is 515. The van der Waals surface area contributed by atoms with Gasteiger partial charge >= 0.3 is 0 Å². The van der Waals surface area contributed by atoms with Crippen molar-refractivity contribution < 1.29 is 4.39 Å². The average molecular weight is 216 g/mol. The van der Waals surface area contributed by atoms with Crippen molar-refractivity contribution >= 4 is 5.69 Å². The van der Waals surface area contributed by atoms with Crippen molar-refractivity contribution in [1.29, 1.82) is 0 Å². The van der Waals surface area contributed by atoms with Crippen molar-refractivity contribution in [2.75, 3.05) is 5.73 Å². The second kappa shape index (κ2) is 3.93. The fraction of sp³-hybridized carbons (Fsp3) is 0.154. The maximum absolute atomic E-state index is 13.3. The van der Waals surface area contributed by atoms with Crippen LogP contribution < -0.4 is 5.73 Å². The third-order valence-electron chi connectivity index (χ3n) is 2.41. The highest BCUT2D eigenvalue weighted by Crippen LogP contribution is 2.24. The highest BCUT2D eigenvalue weighted by atomic mass is 19.1. The second-order valence-corrected chi connectivity index (χ2v) is 3.95. The molecule has 1 aromatic heterocycles. The molecule has 0 amide bonds. The molecule has 0 bridgehead atoms. The molecule has 0 unspecified atom stereocenters. The Hall–Kier alpha value is -1.90. The molecule has 2 N–H and O–H groups in total. The number of aryl methyl sites for hydroxylation is 2. The van der Waals surface area contributed by atoms with E-state index in [2.05, 4.69) is 4.98 Å². The molecule has 0 saturated carbocycles. The first-order chi connectivity index (χ1) is 7.56. The molecule has 0 fully saturated rings. The van der Waals surface area contributed by atoms with Crippen LogP contribution in [0.3, 0.4) is 0 Å². The van der Waals surface area contributed by atoms with Gasteiger partial charge in [-0.25, -0.2) is 4.39 Å². The number of hydrogen-bond acceptors (Lipinski definition) is 2. The molecule has 1 aromatic carbocycles. The Labute approximate surface area is 93.9 Å². The van der Waals surface area contributed by atoms with E-state index in [1.54, 1.807) is 6.20 Å². The Morgan fingerprint density at radius 2 is 1.88 bits per heavy atom. The van der Waals surface area contributed by atoms with Gasteiger partial charge in [0, 0.05) is 5.56 Å². The van der Waals surface area contributed by atoms with Gasteiger partial charge in [-0.15, -0.1) is 0 Å². The first kappa shape index (κ1) is 10.6. The lowest BCUT2D eigenvalue weighted by atomic mass is 10.0. The molecule has 2 nitrogen and oxygen atoms in total. The van der Waals surface area contributed by atoms with Crippen LogP contribution in [-0.4, -0.2) is 4.98 Å². The molecule has 0 aliphatic rings. The Kier molecular flexibility index (Phi) is 2.60. The van der Waals surface area contributed by atoms with Crippen molar-refractivity contribution in [3.63, 3.8) is 0 Å². The van der Waals surface area contributed by atoms with Crippen LogP contribution in [0.1, 0.15) is 11.1 Å². The number of halogens is 1. The number of pyridine rings is 1. The van der Waals surface area contributed by atoms with E-state index in [-0.39, 0.29) is 5.82 Å². The fourth-order valence-electron chi connectivity index (χ4n) is 1.77. The van der Waals surface area contributed by atoms with E-state index in [9.17, 15) is 4.39 Å². The minimum atomic E-state index is -0.243. The standard InChI is InChI=1S/C13H13FN2/c1-8-3-10(6-11(14)4-8)13-9(2)5-12(15)7-16-13/h3-7H,15H2,1-2H3. The molecule has 2 aromatic rings. The van der Waals surface area contributed by atoms with Gasteiger partial charge in [0.05, 0.1) is 17.6 Å². The van der Waals surface area contributed by atoms with E-state index >= 15 is 0 Å². The zero-order valence-electron chi connectivity index (χ0n) is 9.29. The second-order valence-electron chi connectivity index (χ2n) is 3.95. The SMILES string of the molecule is Cc1cc(F)cc(-c2ncc(N)cc2C)c1. The Morgan fingerprint density at radius 1 is 1.12 bits per heavy atom. The molecule has 82 valence electrons. The number of hydrogen-bond donors (Lipinski definition) is 1.